The number of imidazole rings is 2. The Morgan fingerprint density at radius 3 is 1.65 bits per heavy atom. The number of pyridine rings is 2. The van der Waals surface area contributed by atoms with E-state index in [1.807, 2.05) is 0 Å². The topological polar surface area (TPSA) is 43.8 Å². The van der Waals surface area contributed by atoms with Gasteiger partial charge in [0, 0.05) is 21.5 Å². The number of hydrogen-bond donors (Lipinski definition) is 0. The molecule has 5 nitrogen and oxygen atoms in total. The zero-order valence-electron chi connectivity index (χ0n) is 29.7. The SMILES string of the molecule is CC(C)(C)c1ccc2c3ccc(Oc4ccc5c(c4)c4nc6ccccc6n4c4c(C(C)(C)C)cccc54)cc3c3nc4ccccc4n3c2c1. The summed E-state index contributed by atoms with van der Waals surface area (Å²) < 4.78 is 11.4. The molecule has 4 heterocycles. The molecule has 10 aromatic rings. The summed E-state index contributed by atoms with van der Waals surface area (Å²) in [5.74, 6) is 1.53. The minimum absolute atomic E-state index is 0.0271. The van der Waals surface area contributed by atoms with Crippen molar-refractivity contribution in [3.63, 3.8) is 0 Å². The molecule has 0 aliphatic rings. The normalized spacial score (nSPS) is 12.9. The highest BCUT2D eigenvalue weighted by Gasteiger charge is 2.23. The molecule has 6 aromatic carbocycles. The van der Waals surface area contributed by atoms with Crippen LogP contribution in [-0.2, 0) is 10.8 Å². The minimum Gasteiger partial charge on any atom is -0.457 e. The molecule has 0 radical (unpaired) electrons. The zero-order chi connectivity index (χ0) is 34.8. The average molecular weight is 663 g/mol. The fourth-order valence-electron chi connectivity index (χ4n) is 8.05. The van der Waals surface area contributed by atoms with Crippen molar-refractivity contribution in [3.05, 3.63) is 132 Å². The molecule has 51 heavy (non-hydrogen) atoms. The van der Waals surface area contributed by atoms with Crippen molar-refractivity contribution in [1.29, 1.82) is 0 Å². The number of benzene rings is 6. The van der Waals surface area contributed by atoms with Crippen LogP contribution in [0.3, 0.4) is 0 Å². The fourth-order valence-corrected chi connectivity index (χ4v) is 8.05. The van der Waals surface area contributed by atoms with Crippen molar-refractivity contribution in [2.24, 2.45) is 0 Å². The summed E-state index contributed by atoms with van der Waals surface area (Å²) in [7, 11) is 0. The third-order valence-electron chi connectivity index (χ3n) is 10.6. The summed E-state index contributed by atoms with van der Waals surface area (Å²) in [5.41, 5.74) is 11.0. The standard InChI is InChI=1S/C46H38N4O/c1-45(2,3)27-18-21-32-30-22-19-28(25-34(30)43-47-37-14-7-9-16-39(37)49(43)41(32)24-27)51-29-20-23-31-33-12-11-13-36(46(4,5)6)42(33)50-40-17-10-8-15-38(40)48-44(50)35(31)26-29/h7-26H,1-6H3. The van der Waals surface area contributed by atoms with Gasteiger partial charge >= 0.3 is 0 Å². The second-order valence-electron chi connectivity index (χ2n) is 16.0. The Morgan fingerprint density at radius 2 is 1.02 bits per heavy atom. The fraction of sp³-hybridized carbons (Fsp3) is 0.174. The van der Waals surface area contributed by atoms with Gasteiger partial charge in [-0.1, -0.05) is 96.1 Å². The summed E-state index contributed by atoms with van der Waals surface area (Å²) >= 11 is 0. The van der Waals surface area contributed by atoms with Crippen molar-refractivity contribution in [2.45, 2.75) is 52.4 Å². The van der Waals surface area contributed by atoms with Gasteiger partial charge in [-0.05, 0) is 99.5 Å². The van der Waals surface area contributed by atoms with Gasteiger partial charge in [0.15, 0.2) is 0 Å². The number of hydrogen-bond acceptors (Lipinski definition) is 3. The Kier molecular flexibility index (Phi) is 6.04. The van der Waals surface area contributed by atoms with Crippen LogP contribution in [0.2, 0.25) is 0 Å². The van der Waals surface area contributed by atoms with E-state index in [0.29, 0.717) is 0 Å². The molecule has 0 unspecified atom stereocenters. The van der Waals surface area contributed by atoms with Gasteiger partial charge in [-0.2, -0.15) is 0 Å². The Labute approximate surface area is 295 Å². The first-order valence-electron chi connectivity index (χ1n) is 17.8. The zero-order valence-corrected chi connectivity index (χ0v) is 29.7. The number of aromatic nitrogens is 4. The van der Waals surface area contributed by atoms with Crippen molar-refractivity contribution in [1.82, 2.24) is 18.8 Å². The molecule has 0 N–H and O–H groups in total. The molecule has 4 aromatic heterocycles. The predicted molar refractivity (Wildman–Crippen MR) is 213 cm³/mol. The predicted octanol–water partition coefficient (Wildman–Crippen LogP) is 12.3. The monoisotopic (exact) mass is 662 g/mol. The highest BCUT2D eigenvalue weighted by atomic mass is 16.5. The Bertz CT molecular complexity index is 3080. The van der Waals surface area contributed by atoms with E-state index >= 15 is 0 Å². The largest absolute Gasteiger partial charge is 0.457 e. The van der Waals surface area contributed by atoms with Crippen LogP contribution < -0.4 is 4.74 Å². The van der Waals surface area contributed by atoms with E-state index in [0.717, 1.165) is 66.4 Å². The maximum atomic E-state index is 6.73. The van der Waals surface area contributed by atoms with Gasteiger partial charge in [0.25, 0.3) is 0 Å². The molecular formula is C46H38N4O. The Morgan fingerprint density at radius 1 is 0.451 bits per heavy atom. The van der Waals surface area contributed by atoms with Crippen LogP contribution in [-0.4, -0.2) is 18.8 Å². The summed E-state index contributed by atoms with van der Waals surface area (Å²) in [6, 6.07) is 43.2. The lowest BCUT2D eigenvalue weighted by molar-refractivity contribution is 0.484. The molecular weight excluding hydrogens is 625 g/mol. The van der Waals surface area contributed by atoms with E-state index in [4.69, 9.17) is 14.7 Å². The van der Waals surface area contributed by atoms with Gasteiger partial charge in [-0.3, -0.25) is 8.80 Å². The second kappa shape index (κ2) is 10.3. The van der Waals surface area contributed by atoms with Crippen molar-refractivity contribution in [2.75, 3.05) is 0 Å². The van der Waals surface area contributed by atoms with Gasteiger partial charge < -0.3 is 4.74 Å². The molecule has 0 aliphatic heterocycles. The summed E-state index contributed by atoms with van der Waals surface area (Å²) in [6.45, 7) is 13.6. The smallest absolute Gasteiger partial charge is 0.146 e. The highest BCUT2D eigenvalue weighted by molar-refractivity contribution is 6.16. The maximum Gasteiger partial charge on any atom is 0.146 e. The van der Waals surface area contributed by atoms with Gasteiger partial charge in [0.1, 0.15) is 22.8 Å². The van der Waals surface area contributed by atoms with Crippen LogP contribution in [0.15, 0.2) is 121 Å². The third kappa shape index (κ3) is 4.40. The molecule has 10 rings (SSSR count). The van der Waals surface area contributed by atoms with Crippen molar-refractivity contribution >= 4 is 76.7 Å². The van der Waals surface area contributed by atoms with E-state index in [1.165, 1.54) is 32.9 Å². The van der Waals surface area contributed by atoms with Gasteiger partial charge in [0.05, 0.1) is 33.1 Å². The quantitative estimate of drug-likeness (QED) is 0.173. The van der Waals surface area contributed by atoms with E-state index < -0.39 is 0 Å². The third-order valence-corrected chi connectivity index (χ3v) is 10.6. The summed E-state index contributed by atoms with van der Waals surface area (Å²) in [4.78, 5) is 10.4. The van der Waals surface area contributed by atoms with Crippen LogP contribution in [0.1, 0.15) is 52.7 Å². The molecule has 0 aliphatic carbocycles. The number of fused-ring (bicyclic) bond motifs is 16. The van der Waals surface area contributed by atoms with Crippen LogP contribution in [0.25, 0.3) is 76.7 Å². The first kappa shape index (κ1) is 29.9. The average Bonchev–Trinajstić information content (AvgIpc) is 3.70. The van der Waals surface area contributed by atoms with Crippen LogP contribution in [0.5, 0.6) is 11.5 Å². The lowest BCUT2D eigenvalue weighted by Crippen LogP contribution is -2.13. The maximum absolute atomic E-state index is 6.73. The molecule has 0 bridgehead atoms. The minimum atomic E-state index is -0.0447. The van der Waals surface area contributed by atoms with Gasteiger partial charge in [-0.25, -0.2) is 9.97 Å². The number of nitrogens with zero attached hydrogens (tertiary/aromatic N) is 4. The highest BCUT2D eigenvalue weighted by Crippen LogP contribution is 2.41. The van der Waals surface area contributed by atoms with E-state index in [1.54, 1.807) is 0 Å². The number of ether oxygens (including phenoxy) is 1. The molecule has 0 spiro atoms. The first-order valence-corrected chi connectivity index (χ1v) is 17.8. The summed E-state index contributed by atoms with van der Waals surface area (Å²) in [6.07, 6.45) is 0. The van der Waals surface area contributed by atoms with Crippen LogP contribution >= 0.6 is 0 Å². The molecule has 5 heteroatoms. The molecule has 0 saturated carbocycles. The van der Waals surface area contributed by atoms with Crippen molar-refractivity contribution < 1.29 is 4.74 Å². The van der Waals surface area contributed by atoms with Crippen LogP contribution in [0, 0.1) is 0 Å². The second-order valence-corrected chi connectivity index (χ2v) is 16.0. The lowest BCUT2D eigenvalue weighted by atomic mass is 9.84. The van der Waals surface area contributed by atoms with E-state index in [9.17, 15) is 0 Å². The first-order chi connectivity index (χ1) is 24.5. The van der Waals surface area contributed by atoms with Crippen LogP contribution in [0.4, 0.5) is 0 Å². The van der Waals surface area contributed by atoms with Gasteiger partial charge in [0.2, 0.25) is 0 Å². The molecule has 248 valence electrons. The summed E-state index contributed by atoms with van der Waals surface area (Å²) in [5, 5.41) is 6.85. The Balaban J connectivity index is 1.19. The molecule has 0 atom stereocenters. The number of rotatable bonds is 2. The van der Waals surface area contributed by atoms with E-state index in [2.05, 4.69) is 172 Å². The molecule has 0 amide bonds. The molecule has 0 fully saturated rings. The Hall–Kier alpha value is -5.94. The van der Waals surface area contributed by atoms with E-state index in [-0.39, 0.29) is 10.8 Å². The molecule has 0 saturated heterocycles. The van der Waals surface area contributed by atoms with Gasteiger partial charge in [-0.15, -0.1) is 0 Å². The number of para-hydroxylation sites is 5. The lowest BCUT2D eigenvalue weighted by Gasteiger charge is -2.23. The van der Waals surface area contributed by atoms with Crippen molar-refractivity contribution in [3.8, 4) is 11.5 Å².